The van der Waals surface area contributed by atoms with Crippen LogP contribution in [0.3, 0.4) is 0 Å². The van der Waals surface area contributed by atoms with Gasteiger partial charge in [0.1, 0.15) is 16.5 Å². The van der Waals surface area contributed by atoms with Crippen molar-refractivity contribution in [1.29, 1.82) is 5.26 Å². The predicted octanol–water partition coefficient (Wildman–Crippen LogP) is 3.14. The summed E-state index contributed by atoms with van der Waals surface area (Å²) in [7, 11) is 0. The van der Waals surface area contributed by atoms with Crippen molar-refractivity contribution in [2.45, 2.75) is 40.3 Å². The highest BCUT2D eigenvalue weighted by atomic mass is 32.1. The summed E-state index contributed by atoms with van der Waals surface area (Å²) >= 11 is 0.936. The fourth-order valence-electron chi connectivity index (χ4n) is 3.40. The molecule has 0 radical (unpaired) electrons. The number of carbonyl (C=O) groups is 1. The van der Waals surface area contributed by atoms with Gasteiger partial charge in [0.2, 0.25) is 0 Å². The number of thiazole rings is 1. The highest BCUT2D eigenvalue weighted by molar-refractivity contribution is 7.07. The summed E-state index contributed by atoms with van der Waals surface area (Å²) in [5.74, 6) is -0.697. The molecule has 0 aliphatic carbocycles. The third-order valence-electron chi connectivity index (χ3n) is 4.81. The zero-order valence-electron chi connectivity index (χ0n) is 19.1. The number of para-hydroxylation sites is 1. The zero-order chi connectivity index (χ0) is 25.0. The second-order valence-electron chi connectivity index (χ2n) is 7.88. The van der Waals surface area contributed by atoms with Crippen molar-refractivity contribution in [2.24, 2.45) is 0 Å². The Morgan fingerprint density at radius 1 is 1.21 bits per heavy atom. The minimum Gasteiger partial charge on any atom is -0.434 e. The number of nitrogens with zero attached hydrogens (tertiary/aromatic N) is 2. The largest absolute Gasteiger partial charge is 0.434 e. The quantitative estimate of drug-likeness (QED) is 0.584. The molecular formula is C25H23F2N3O3S. The molecule has 0 aliphatic rings. The molecule has 0 atom stereocenters. The monoisotopic (exact) mass is 483 g/mol. The van der Waals surface area contributed by atoms with E-state index in [9.17, 15) is 23.6 Å². The standard InChI is InChI=1S/C25H23F2N3O3S/c1-14(2)29-22(31)18(13-28)24-30(19-10-9-15(3)11-16(19)4)23(32)21(34-24)12-17-7-5-6-8-20(17)33-25(26)27/h5-12,14,25H,1-4H3,(H,29,31). The van der Waals surface area contributed by atoms with Gasteiger partial charge in [-0.05, 0) is 51.5 Å². The number of amides is 1. The number of halogens is 2. The minimum absolute atomic E-state index is 0.0908. The lowest BCUT2D eigenvalue weighted by atomic mass is 10.1. The molecule has 0 unspecified atom stereocenters. The summed E-state index contributed by atoms with van der Waals surface area (Å²) in [5.41, 5.74) is 1.85. The molecule has 1 amide bonds. The number of benzene rings is 2. The van der Waals surface area contributed by atoms with Crippen LogP contribution in [0.2, 0.25) is 0 Å². The lowest BCUT2D eigenvalue weighted by molar-refractivity contribution is -0.116. The van der Waals surface area contributed by atoms with E-state index in [1.165, 1.54) is 16.7 Å². The van der Waals surface area contributed by atoms with E-state index in [0.29, 0.717) is 5.69 Å². The number of ether oxygens (including phenoxy) is 1. The Hall–Kier alpha value is -3.77. The van der Waals surface area contributed by atoms with Gasteiger partial charge in [-0.2, -0.15) is 14.0 Å². The molecule has 0 spiro atoms. The summed E-state index contributed by atoms with van der Waals surface area (Å²) < 4.78 is 31.9. The number of nitrogens with one attached hydrogen (secondary N) is 1. The highest BCUT2D eigenvalue weighted by Gasteiger charge is 2.19. The molecule has 3 aromatic rings. The summed E-state index contributed by atoms with van der Waals surface area (Å²) in [4.78, 5) is 26.3. The van der Waals surface area contributed by atoms with E-state index in [1.807, 2.05) is 32.0 Å². The first-order chi connectivity index (χ1) is 16.1. The van der Waals surface area contributed by atoms with Crippen molar-refractivity contribution in [3.8, 4) is 17.5 Å². The molecule has 1 N–H and O–H groups in total. The van der Waals surface area contributed by atoms with Gasteiger partial charge in [0.15, 0.2) is 5.57 Å². The van der Waals surface area contributed by atoms with E-state index in [-0.39, 0.29) is 32.1 Å². The van der Waals surface area contributed by atoms with Crippen LogP contribution >= 0.6 is 11.3 Å². The summed E-state index contributed by atoms with van der Waals surface area (Å²) in [6, 6.07) is 13.2. The predicted molar refractivity (Wildman–Crippen MR) is 128 cm³/mol. The van der Waals surface area contributed by atoms with Gasteiger partial charge in [0, 0.05) is 11.6 Å². The molecule has 9 heteroatoms. The second-order valence-corrected chi connectivity index (χ2v) is 8.91. The minimum atomic E-state index is -3.03. The highest BCUT2D eigenvalue weighted by Crippen LogP contribution is 2.21. The first-order valence-corrected chi connectivity index (χ1v) is 11.2. The average Bonchev–Trinajstić information content (AvgIpc) is 3.05. The summed E-state index contributed by atoms with van der Waals surface area (Å²) in [6.07, 6.45) is 1.42. The van der Waals surface area contributed by atoms with Gasteiger partial charge in [-0.15, -0.1) is 11.3 Å². The SMILES string of the molecule is Cc1ccc(-n2c(=C(C#N)C(=O)NC(C)C)sc(=Cc3ccccc3OC(F)F)c2=O)c(C)c1. The van der Waals surface area contributed by atoms with E-state index < -0.39 is 18.1 Å². The first kappa shape index (κ1) is 24.9. The first-order valence-electron chi connectivity index (χ1n) is 10.4. The van der Waals surface area contributed by atoms with Crippen molar-refractivity contribution in [3.63, 3.8) is 0 Å². The number of hydrogen-bond donors (Lipinski definition) is 1. The smallest absolute Gasteiger partial charge is 0.387 e. The van der Waals surface area contributed by atoms with Gasteiger partial charge in [0.05, 0.1) is 10.2 Å². The van der Waals surface area contributed by atoms with E-state index in [0.717, 1.165) is 22.5 Å². The molecule has 1 aromatic heterocycles. The molecular weight excluding hydrogens is 460 g/mol. The number of aromatic nitrogens is 1. The lowest BCUT2D eigenvalue weighted by Crippen LogP contribution is -2.36. The van der Waals surface area contributed by atoms with E-state index in [4.69, 9.17) is 0 Å². The van der Waals surface area contributed by atoms with Crippen molar-refractivity contribution in [2.75, 3.05) is 0 Å². The third-order valence-corrected chi connectivity index (χ3v) is 5.90. The van der Waals surface area contributed by atoms with Gasteiger partial charge < -0.3 is 10.1 Å². The average molecular weight is 484 g/mol. The van der Waals surface area contributed by atoms with Gasteiger partial charge in [-0.1, -0.05) is 35.9 Å². The number of alkyl halides is 2. The number of carbonyl (C=O) groups excluding carboxylic acids is 1. The molecule has 176 valence electrons. The normalized spacial score (nSPS) is 12.6. The van der Waals surface area contributed by atoms with E-state index >= 15 is 0 Å². The molecule has 0 saturated heterocycles. The Kier molecular flexibility index (Phi) is 7.64. The maximum absolute atomic E-state index is 13.5. The van der Waals surface area contributed by atoms with Crippen LogP contribution in [0.25, 0.3) is 17.3 Å². The zero-order valence-corrected chi connectivity index (χ0v) is 19.9. The molecule has 3 rings (SSSR count). The van der Waals surface area contributed by atoms with E-state index in [1.54, 1.807) is 38.1 Å². The number of aryl methyl sites for hydroxylation is 2. The lowest BCUT2D eigenvalue weighted by Gasteiger charge is -2.10. The van der Waals surface area contributed by atoms with Crippen molar-refractivity contribution < 1.29 is 18.3 Å². The topological polar surface area (TPSA) is 84.1 Å². The molecule has 0 bridgehead atoms. The van der Waals surface area contributed by atoms with Crippen LogP contribution in [0.1, 0.15) is 30.5 Å². The summed E-state index contributed by atoms with van der Waals surface area (Å²) in [5, 5.41) is 12.5. The summed E-state index contributed by atoms with van der Waals surface area (Å²) in [6.45, 7) is 4.23. The maximum atomic E-state index is 13.5. The third kappa shape index (κ3) is 5.41. The van der Waals surface area contributed by atoms with Gasteiger partial charge in [-0.25, -0.2) is 0 Å². The van der Waals surface area contributed by atoms with Gasteiger partial charge in [-0.3, -0.25) is 14.2 Å². The number of rotatable bonds is 6. The Morgan fingerprint density at radius 2 is 1.91 bits per heavy atom. The molecule has 0 fully saturated rings. The Bertz CT molecular complexity index is 1450. The Balaban J connectivity index is 2.40. The number of nitriles is 1. The molecule has 34 heavy (non-hydrogen) atoms. The molecule has 0 saturated carbocycles. The Labute approximate surface area is 199 Å². The molecule has 0 aliphatic heterocycles. The second kappa shape index (κ2) is 10.4. The van der Waals surface area contributed by atoms with Crippen LogP contribution < -0.4 is 24.8 Å². The molecule has 6 nitrogen and oxygen atoms in total. The van der Waals surface area contributed by atoms with Crippen LogP contribution in [-0.2, 0) is 4.79 Å². The van der Waals surface area contributed by atoms with Crippen LogP contribution in [-0.4, -0.2) is 23.1 Å². The number of hydrogen-bond acceptors (Lipinski definition) is 5. The van der Waals surface area contributed by atoms with Crippen LogP contribution in [0.15, 0.2) is 47.3 Å². The fourth-order valence-corrected chi connectivity index (χ4v) is 4.49. The maximum Gasteiger partial charge on any atom is 0.387 e. The van der Waals surface area contributed by atoms with Gasteiger partial charge in [0.25, 0.3) is 11.5 Å². The van der Waals surface area contributed by atoms with Gasteiger partial charge >= 0.3 is 6.61 Å². The fraction of sp³-hybridized carbons (Fsp3) is 0.240. The van der Waals surface area contributed by atoms with Crippen molar-refractivity contribution in [1.82, 2.24) is 9.88 Å². The van der Waals surface area contributed by atoms with Crippen LogP contribution in [0, 0.1) is 25.2 Å². The Morgan fingerprint density at radius 3 is 2.53 bits per heavy atom. The van der Waals surface area contributed by atoms with Crippen LogP contribution in [0.4, 0.5) is 8.78 Å². The molecule has 1 heterocycles. The van der Waals surface area contributed by atoms with Crippen molar-refractivity contribution >= 4 is 28.9 Å². The van der Waals surface area contributed by atoms with E-state index in [2.05, 4.69) is 10.1 Å². The van der Waals surface area contributed by atoms with Crippen LogP contribution in [0.5, 0.6) is 5.75 Å². The molecule has 2 aromatic carbocycles. The van der Waals surface area contributed by atoms with Crippen molar-refractivity contribution in [3.05, 3.63) is 78.7 Å².